The van der Waals surface area contributed by atoms with E-state index in [9.17, 15) is 4.79 Å². The van der Waals surface area contributed by atoms with Crippen molar-refractivity contribution in [2.45, 2.75) is 6.92 Å². The molecule has 3 heterocycles. The molecule has 0 unspecified atom stereocenters. The van der Waals surface area contributed by atoms with Crippen molar-refractivity contribution in [3.63, 3.8) is 0 Å². The maximum atomic E-state index is 12.3. The Bertz CT molecular complexity index is 556. The molecule has 0 bridgehead atoms. The molecule has 25 heavy (non-hydrogen) atoms. The number of hydrogen-bond acceptors (Lipinski definition) is 7. The van der Waals surface area contributed by atoms with E-state index in [0.717, 1.165) is 65.6 Å². The topological polar surface area (TPSA) is 73.8 Å². The minimum absolute atomic E-state index is 0.135. The molecule has 1 N–H and O–H groups in total. The minimum Gasteiger partial charge on any atom is -0.379 e. The molecule has 2 aliphatic heterocycles. The average molecular weight is 348 g/mol. The number of likely N-dealkylation sites (N-methyl/N-ethyl adjacent to an activating group) is 1. The summed E-state index contributed by atoms with van der Waals surface area (Å²) in [6.07, 6.45) is 1.67. The first-order valence-electron chi connectivity index (χ1n) is 9.15. The second-order valence-electron chi connectivity index (χ2n) is 6.37. The standard InChI is InChI=1S/C17H28N6O2/c1-2-21-7-9-23(10-8-21)17-19-4-3-15(20-17)16(24)18-5-6-22-11-13-25-14-12-22/h3-4H,2,5-14H2,1H3,(H,18,24). The van der Waals surface area contributed by atoms with Crippen LogP contribution < -0.4 is 10.2 Å². The van der Waals surface area contributed by atoms with Crippen molar-refractivity contribution >= 4 is 11.9 Å². The quantitative estimate of drug-likeness (QED) is 0.755. The second-order valence-corrected chi connectivity index (χ2v) is 6.37. The number of anilines is 1. The highest BCUT2D eigenvalue weighted by Gasteiger charge is 2.19. The summed E-state index contributed by atoms with van der Waals surface area (Å²) in [6.45, 7) is 11.9. The Hall–Kier alpha value is -1.77. The number of nitrogens with zero attached hydrogens (tertiary/aromatic N) is 5. The van der Waals surface area contributed by atoms with Crippen LogP contribution in [-0.2, 0) is 4.74 Å². The molecule has 0 atom stereocenters. The van der Waals surface area contributed by atoms with E-state index in [1.807, 2.05) is 0 Å². The Morgan fingerprint density at radius 2 is 1.92 bits per heavy atom. The molecule has 0 spiro atoms. The van der Waals surface area contributed by atoms with E-state index in [-0.39, 0.29) is 5.91 Å². The lowest BCUT2D eigenvalue weighted by Crippen LogP contribution is -2.47. The van der Waals surface area contributed by atoms with E-state index in [0.29, 0.717) is 18.2 Å². The van der Waals surface area contributed by atoms with E-state index >= 15 is 0 Å². The normalized spacial score (nSPS) is 19.8. The van der Waals surface area contributed by atoms with E-state index in [1.54, 1.807) is 12.3 Å². The fraction of sp³-hybridized carbons (Fsp3) is 0.706. The lowest BCUT2D eigenvalue weighted by atomic mass is 10.3. The summed E-state index contributed by atoms with van der Waals surface area (Å²) in [4.78, 5) is 28.0. The zero-order chi connectivity index (χ0) is 17.5. The van der Waals surface area contributed by atoms with Gasteiger partial charge in [-0.05, 0) is 12.6 Å². The number of carbonyl (C=O) groups is 1. The van der Waals surface area contributed by atoms with E-state index in [2.05, 4.69) is 36.9 Å². The van der Waals surface area contributed by atoms with Gasteiger partial charge in [0.05, 0.1) is 13.2 Å². The third-order valence-electron chi connectivity index (χ3n) is 4.80. The van der Waals surface area contributed by atoms with Crippen LogP contribution in [0, 0.1) is 0 Å². The first kappa shape index (κ1) is 18.0. The molecule has 1 amide bonds. The summed E-state index contributed by atoms with van der Waals surface area (Å²) >= 11 is 0. The number of amides is 1. The van der Waals surface area contributed by atoms with Gasteiger partial charge in [-0.3, -0.25) is 9.69 Å². The Balaban J connectivity index is 1.49. The number of nitrogens with one attached hydrogen (secondary N) is 1. The highest BCUT2D eigenvalue weighted by molar-refractivity contribution is 5.92. The maximum Gasteiger partial charge on any atom is 0.270 e. The molecular formula is C17H28N6O2. The Morgan fingerprint density at radius 3 is 2.64 bits per heavy atom. The van der Waals surface area contributed by atoms with Crippen LogP contribution in [0.4, 0.5) is 5.95 Å². The average Bonchev–Trinajstić information content (AvgIpc) is 2.69. The van der Waals surface area contributed by atoms with Crippen LogP contribution >= 0.6 is 0 Å². The fourth-order valence-corrected chi connectivity index (χ4v) is 3.13. The zero-order valence-electron chi connectivity index (χ0n) is 15.0. The van der Waals surface area contributed by atoms with Crippen molar-refractivity contribution in [2.24, 2.45) is 0 Å². The van der Waals surface area contributed by atoms with E-state index in [4.69, 9.17) is 4.74 Å². The third-order valence-corrected chi connectivity index (χ3v) is 4.80. The second kappa shape index (κ2) is 9.07. The van der Waals surface area contributed by atoms with Gasteiger partial charge in [0.15, 0.2) is 0 Å². The number of ether oxygens (including phenoxy) is 1. The molecule has 0 saturated carbocycles. The van der Waals surface area contributed by atoms with Gasteiger partial charge in [0.25, 0.3) is 5.91 Å². The molecule has 1 aromatic heterocycles. The van der Waals surface area contributed by atoms with Gasteiger partial charge in [0.2, 0.25) is 5.95 Å². The molecule has 1 aromatic rings. The predicted octanol–water partition coefficient (Wildman–Crippen LogP) is -0.319. The lowest BCUT2D eigenvalue weighted by Gasteiger charge is -2.34. The SMILES string of the molecule is CCN1CCN(c2nccc(C(=O)NCCN3CCOCC3)n2)CC1. The summed E-state index contributed by atoms with van der Waals surface area (Å²) < 4.78 is 5.33. The molecule has 2 fully saturated rings. The summed E-state index contributed by atoms with van der Waals surface area (Å²) in [5.41, 5.74) is 0.435. The predicted molar refractivity (Wildman–Crippen MR) is 96.0 cm³/mol. The van der Waals surface area contributed by atoms with E-state index < -0.39 is 0 Å². The zero-order valence-corrected chi connectivity index (χ0v) is 15.0. The summed E-state index contributed by atoms with van der Waals surface area (Å²) in [5.74, 6) is 0.515. The molecule has 2 aliphatic rings. The summed E-state index contributed by atoms with van der Waals surface area (Å²) in [6, 6.07) is 1.68. The molecule has 138 valence electrons. The van der Waals surface area contributed by atoms with Crippen LogP contribution in [-0.4, -0.2) is 97.8 Å². The molecule has 3 rings (SSSR count). The highest BCUT2D eigenvalue weighted by Crippen LogP contribution is 2.11. The number of hydrogen-bond donors (Lipinski definition) is 1. The van der Waals surface area contributed by atoms with Gasteiger partial charge < -0.3 is 19.9 Å². The van der Waals surface area contributed by atoms with Crippen molar-refractivity contribution in [1.82, 2.24) is 25.1 Å². The monoisotopic (exact) mass is 348 g/mol. The fourth-order valence-electron chi connectivity index (χ4n) is 3.13. The largest absolute Gasteiger partial charge is 0.379 e. The molecule has 8 nitrogen and oxygen atoms in total. The Morgan fingerprint density at radius 1 is 1.16 bits per heavy atom. The minimum atomic E-state index is -0.135. The highest BCUT2D eigenvalue weighted by atomic mass is 16.5. The van der Waals surface area contributed by atoms with Gasteiger partial charge in [-0.2, -0.15) is 0 Å². The van der Waals surface area contributed by atoms with Gasteiger partial charge in [-0.15, -0.1) is 0 Å². The molecule has 0 aliphatic carbocycles. The van der Waals surface area contributed by atoms with Crippen LogP contribution in [0.1, 0.15) is 17.4 Å². The smallest absolute Gasteiger partial charge is 0.270 e. The molecule has 0 aromatic carbocycles. The van der Waals surface area contributed by atoms with Gasteiger partial charge in [0.1, 0.15) is 5.69 Å². The summed E-state index contributed by atoms with van der Waals surface area (Å²) in [5, 5.41) is 2.95. The van der Waals surface area contributed by atoms with Crippen LogP contribution in [0.15, 0.2) is 12.3 Å². The number of carbonyl (C=O) groups excluding carboxylic acids is 1. The maximum absolute atomic E-state index is 12.3. The number of rotatable bonds is 6. The lowest BCUT2D eigenvalue weighted by molar-refractivity contribution is 0.0383. The third kappa shape index (κ3) is 5.10. The Kier molecular flexibility index (Phi) is 6.55. The molecular weight excluding hydrogens is 320 g/mol. The van der Waals surface area contributed by atoms with Crippen molar-refractivity contribution in [3.05, 3.63) is 18.0 Å². The number of piperazine rings is 1. The molecule has 8 heteroatoms. The van der Waals surface area contributed by atoms with Crippen LogP contribution in [0.25, 0.3) is 0 Å². The van der Waals surface area contributed by atoms with Gasteiger partial charge in [-0.25, -0.2) is 9.97 Å². The molecule has 2 saturated heterocycles. The first-order chi connectivity index (χ1) is 12.3. The van der Waals surface area contributed by atoms with Crippen molar-refractivity contribution in [1.29, 1.82) is 0 Å². The first-order valence-corrected chi connectivity index (χ1v) is 9.15. The van der Waals surface area contributed by atoms with Crippen LogP contribution in [0.3, 0.4) is 0 Å². The van der Waals surface area contributed by atoms with Gasteiger partial charge in [-0.1, -0.05) is 6.92 Å². The van der Waals surface area contributed by atoms with Gasteiger partial charge in [0, 0.05) is 58.6 Å². The number of morpholine rings is 1. The Labute approximate surface area is 149 Å². The van der Waals surface area contributed by atoms with Crippen LogP contribution in [0.5, 0.6) is 0 Å². The van der Waals surface area contributed by atoms with Crippen molar-refractivity contribution in [3.8, 4) is 0 Å². The summed E-state index contributed by atoms with van der Waals surface area (Å²) in [7, 11) is 0. The van der Waals surface area contributed by atoms with Crippen molar-refractivity contribution < 1.29 is 9.53 Å². The molecule has 0 radical (unpaired) electrons. The number of aromatic nitrogens is 2. The van der Waals surface area contributed by atoms with E-state index in [1.165, 1.54) is 0 Å². The van der Waals surface area contributed by atoms with Crippen molar-refractivity contribution in [2.75, 3.05) is 77.0 Å². The van der Waals surface area contributed by atoms with Crippen LogP contribution in [0.2, 0.25) is 0 Å². The van der Waals surface area contributed by atoms with Gasteiger partial charge >= 0.3 is 0 Å².